The van der Waals surface area contributed by atoms with E-state index in [0.717, 1.165) is 12.1 Å². The molecule has 0 spiro atoms. The Bertz CT molecular complexity index is 551. The van der Waals surface area contributed by atoms with E-state index in [0.29, 0.717) is 17.1 Å². The summed E-state index contributed by atoms with van der Waals surface area (Å²) in [6.45, 7) is 2.76. The SMILES string of the molecule is CCn1cc(C(O)c2cccc(OC)c2OC)cn1. The van der Waals surface area contributed by atoms with Gasteiger partial charge in [-0.05, 0) is 13.0 Å². The van der Waals surface area contributed by atoms with Crippen LogP contribution in [0.25, 0.3) is 0 Å². The van der Waals surface area contributed by atoms with Gasteiger partial charge in [0.2, 0.25) is 0 Å². The number of methoxy groups -OCH3 is 2. The van der Waals surface area contributed by atoms with Crippen LogP contribution in [0.1, 0.15) is 24.2 Å². The van der Waals surface area contributed by atoms with Crippen molar-refractivity contribution in [2.75, 3.05) is 14.2 Å². The van der Waals surface area contributed by atoms with Crippen molar-refractivity contribution in [2.24, 2.45) is 0 Å². The van der Waals surface area contributed by atoms with E-state index < -0.39 is 6.10 Å². The van der Waals surface area contributed by atoms with Gasteiger partial charge in [-0.3, -0.25) is 4.68 Å². The predicted octanol–water partition coefficient (Wildman–Crippen LogP) is 2.00. The maximum absolute atomic E-state index is 10.4. The third-order valence-corrected chi connectivity index (χ3v) is 3.02. The fourth-order valence-electron chi connectivity index (χ4n) is 2.00. The molecule has 0 bridgehead atoms. The second-order valence-corrected chi connectivity index (χ2v) is 4.11. The second-order valence-electron chi connectivity index (χ2n) is 4.11. The average Bonchev–Trinajstić information content (AvgIpc) is 2.94. The Morgan fingerprint density at radius 2 is 2.11 bits per heavy atom. The van der Waals surface area contributed by atoms with Crippen LogP contribution in [0, 0.1) is 0 Å². The Kier molecular flexibility index (Phi) is 4.06. The van der Waals surface area contributed by atoms with Gasteiger partial charge in [-0.25, -0.2) is 0 Å². The van der Waals surface area contributed by atoms with Crippen molar-refractivity contribution in [3.63, 3.8) is 0 Å². The van der Waals surface area contributed by atoms with E-state index in [-0.39, 0.29) is 0 Å². The Hall–Kier alpha value is -2.01. The summed E-state index contributed by atoms with van der Waals surface area (Å²) in [4.78, 5) is 0. The molecule has 0 aliphatic carbocycles. The van der Waals surface area contributed by atoms with Gasteiger partial charge >= 0.3 is 0 Å². The van der Waals surface area contributed by atoms with E-state index in [2.05, 4.69) is 5.10 Å². The zero-order valence-corrected chi connectivity index (χ0v) is 11.3. The van der Waals surface area contributed by atoms with E-state index >= 15 is 0 Å². The molecule has 2 rings (SSSR count). The van der Waals surface area contributed by atoms with Crippen molar-refractivity contribution in [2.45, 2.75) is 19.6 Å². The highest BCUT2D eigenvalue weighted by atomic mass is 16.5. The van der Waals surface area contributed by atoms with Crippen molar-refractivity contribution in [1.82, 2.24) is 9.78 Å². The first-order valence-corrected chi connectivity index (χ1v) is 6.12. The standard InChI is InChI=1S/C14H18N2O3/c1-4-16-9-10(8-15-16)13(17)11-6-5-7-12(18-2)14(11)19-3/h5-9,13,17H,4H2,1-3H3. The van der Waals surface area contributed by atoms with Gasteiger partial charge in [-0.15, -0.1) is 0 Å². The fraction of sp³-hybridized carbons (Fsp3) is 0.357. The highest BCUT2D eigenvalue weighted by molar-refractivity contribution is 5.49. The van der Waals surface area contributed by atoms with Crippen LogP contribution in [0.2, 0.25) is 0 Å². The summed E-state index contributed by atoms with van der Waals surface area (Å²) < 4.78 is 12.3. The number of ether oxygens (including phenoxy) is 2. The van der Waals surface area contributed by atoms with Gasteiger partial charge in [0.1, 0.15) is 6.10 Å². The molecule has 0 radical (unpaired) electrons. The van der Waals surface area contributed by atoms with Crippen molar-refractivity contribution < 1.29 is 14.6 Å². The molecule has 5 nitrogen and oxygen atoms in total. The first-order chi connectivity index (χ1) is 9.21. The van der Waals surface area contributed by atoms with Gasteiger partial charge in [-0.2, -0.15) is 5.10 Å². The Morgan fingerprint density at radius 1 is 1.32 bits per heavy atom. The summed E-state index contributed by atoms with van der Waals surface area (Å²) in [5, 5.41) is 14.6. The molecule has 5 heteroatoms. The van der Waals surface area contributed by atoms with E-state index in [1.165, 1.54) is 0 Å². The highest BCUT2D eigenvalue weighted by Gasteiger charge is 2.19. The van der Waals surface area contributed by atoms with Crippen LogP contribution >= 0.6 is 0 Å². The van der Waals surface area contributed by atoms with E-state index in [1.54, 1.807) is 31.2 Å². The number of rotatable bonds is 5. The van der Waals surface area contributed by atoms with Crippen LogP contribution in [-0.2, 0) is 6.54 Å². The molecule has 1 atom stereocenters. The van der Waals surface area contributed by atoms with Crippen molar-refractivity contribution >= 4 is 0 Å². The van der Waals surface area contributed by atoms with Crippen LogP contribution in [0.3, 0.4) is 0 Å². The lowest BCUT2D eigenvalue weighted by molar-refractivity contribution is 0.213. The minimum Gasteiger partial charge on any atom is -0.493 e. The Morgan fingerprint density at radius 3 is 2.68 bits per heavy atom. The molecule has 1 unspecified atom stereocenters. The lowest BCUT2D eigenvalue weighted by atomic mass is 10.0. The second kappa shape index (κ2) is 5.75. The number of aliphatic hydroxyl groups is 1. The zero-order chi connectivity index (χ0) is 13.8. The van der Waals surface area contributed by atoms with Crippen LogP contribution in [-0.4, -0.2) is 29.1 Å². The first-order valence-electron chi connectivity index (χ1n) is 6.12. The van der Waals surface area contributed by atoms with Gasteiger partial charge in [0, 0.05) is 23.9 Å². The predicted molar refractivity (Wildman–Crippen MR) is 71.5 cm³/mol. The number of aryl methyl sites for hydroxylation is 1. The lowest BCUT2D eigenvalue weighted by Crippen LogP contribution is -2.03. The maximum Gasteiger partial charge on any atom is 0.166 e. The summed E-state index contributed by atoms with van der Waals surface area (Å²) in [7, 11) is 3.13. The maximum atomic E-state index is 10.4. The Balaban J connectivity index is 2.40. The summed E-state index contributed by atoms with van der Waals surface area (Å²) >= 11 is 0. The highest BCUT2D eigenvalue weighted by Crippen LogP contribution is 2.36. The molecule has 0 amide bonds. The van der Waals surface area contributed by atoms with Gasteiger partial charge in [0.25, 0.3) is 0 Å². The number of hydrogen-bond donors (Lipinski definition) is 1. The van der Waals surface area contributed by atoms with Crippen LogP contribution in [0.5, 0.6) is 11.5 Å². The summed E-state index contributed by atoms with van der Waals surface area (Å²) in [5.74, 6) is 1.14. The normalized spacial score (nSPS) is 12.2. The number of para-hydroxylation sites is 1. The van der Waals surface area contributed by atoms with Gasteiger partial charge in [0.05, 0.1) is 20.4 Å². The third-order valence-electron chi connectivity index (χ3n) is 3.02. The molecule has 102 valence electrons. The molecule has 0 aliphatic rings. The number of hydrogen-bond acceptors (Lipinski definition) is 4. The molecule has 1 aromatic heterocycles. The monoisotopic (exact) mass is 262 g/mol. The average molecular weight is 262 g/mol. The van der Waals surface area contributed by atoms with Crippen LogP contribution in [0.15, 0.2) is 30.6 Å². The van der Waals surface area contributed by atoms with E-state index in [9.17, 15) is 5.11 Å². The van der Waals surface area contributed by atoms with Crippen molar-refractivity contribution in [3.8, 4) is 11.5 Å². The van der Waals surface area contributed by atoms with Gasteiger partial charge in [-0.1, -0.05) is 12.1 Å². The van der Waals surface area contributed by atoms with Crippen LogP contribution in [0.4, 0.5) is 0 Å². The molecule has 1 aromatic carbocycles. The molecule has 0 saturated heterocycles. The minimum atomic E-state index is -0.787. The molecular formula is C14H18N2O3. The number of nitrogens with zero attached hydrogens (tertiary/aromatic N) is 2. The Labute approximate surface area is 112 Å². The molecular weight excluding hydrogens is 244 g/mol. The van der Waals surface area contributed by atoms with E-state index in [1.807, 2.05) is 25.3 Å². The summed E-state index contributed by atoms with van der Waals surface area (Å²) in [6, 6.07) is 5.43. The lowest BCUT2D eigenvalue weighted by Gasteiger charge is -2.16. The first kappa shape index (κ1) is 13.4. The smallest absolute Gasteiger partial charge is 0.166 e. The molecule has 2 aromatic rings. The third kappa shape index (κ3) is 2.56. The summed E-state index contributed by atoms with van der Waals surface area (Å²) in [5.41, 5.74) is 1.39. The minimum absolute atomic E-state index is 0.543. The largest absolute Gasteiger partial charge is 0.493 e. The van der Waals surface area contributed by atoms with Gasteiger partial charge in [0.15, 0.2) is 11.5 Å². The number of aliphatic hydroxyl groups excluding tert-OH is 1. The zero-order valence-electron chi connectivity index (χ0n) is 11.3. The van der Waals surface area contributed by atoms with Crippen LogP contribution < -0.4 is 9.47 Å². The molecule has 1 heterocycles. The summed E-state index contributed by atoms with van der Waals surface area (Å²) in [6.07, 6.45) is 2.70. The van der Waals surface area contributed by atoms with Gasteiger partial charge < -0.3 is 14.6 Å². The number of aromatic nitrogens is 2. The molecule has 1 N–H and O–H groups in total. The van der Waals surface area contributed by atoms with Crippen molar-refractivity contribution in [1.29, 1.82) is 0 Å². The number of benzene rings is 1. The molecule has 19 heavy (non-hydrogen) atoms. The molecule has 0 fully saturated rings. The van der Waals surface area contributed by atoms with E-state index in [4.69, 9.17) is 9.47 Å². The van der Waals surface area contributed by atoms with Crippen molar-refractivity contribution in [3.05, 3.63) is 41.7 Å². The fourth-order valence-corrected chi connectivity index (χ4v) is 2.00. The molecule has 0 saturated carbocycles. The topological polar surface area (TPSA) is 56.5 Å². The quantitative estimate of drug-likeness (QED) is 0.895. The molecule has 0 aliphatic heterocycles.